The van der Waals surface area contributed by atoms with Crippen LogP contribution in [0.5, 0.6) is 0 Å². The van der Waals surface area contributed by atoms with E-state index in [9.17, 15) is 0 Å². The number of benzene rings is 2. The van der Waals surface area contributed by atoms with Gasteiger partial charge in [-0.25, -0.2) is 0 Å². The maximum atomic E-state index is 6.30. The fourth-order valence-electron chi connectivity index (χ4n) is 2.56. The highest BCUT2D eigenvalue weighted by molar-refractivity contribution is 6.35. The molecule has 1 nitrogen and oxygen atoms in total. The minimum Gasteiger partial charge on any atom is -0.314 e. The van der Waals surface area contributed by atoms with Gasteiger partial charge in [-0.3, -0.25) is 0 Å². The van der Waals surface area contributed by atoms with Gasteiger partial charge in [0.15, 0.2) is 0 Å². The first-order chi connectivity index (χ1) is 10.1. The normalized spacial score (nSPS) is 12.4. The van der Waals surface area contributed by atoms with Crippen LogP contribution in [0, 0.1) is 6.92 Å². The van der Waals surface area contributed by atoms with Crippen LogP contribution in [0.4, 0.5) is 0 Å². The van der Waals surface area contributed by atoms with Crippen molar-refractivity contribution in [1.29, 1.82) is 0 Å². The number of rotatable bonds is 6. The van der Waals surface area contributed by atoms with E-state index in [0.29, 0.717) is 11.1 Å². The fourth-order valence-corrected chi connectivity index (χ4v) is 3.05. The minimum absolute atomic E-state index is 0.370. The molecule has 2 aromatic carbocycles. The van der Waals surface area contributed by atoms with E-state index in [1.54, 1.807) is 0 Å². The molecule has 1 unspecified atom stereocenters. The summed E-state index contributed by atoms with van der Waals surface area (Å²) in [6.07, 6.45) is 1.90. The summed E-state index contributed by atoms with van der Waals surface area (Å²) < 4.78 is 0. The second-order valence-corrected chi connectivity index (χ2v) is 6.17. The standard InChI is InChI=1S/C18H21Cl2N/c1-3-21-17(10-14-7-5-4-6-13(14)2)11-15-8-9-16(19)12-18(15)20/h4-9,12,17,21H,3,10-11H2,1-2H3. The molecule has 0 spiro atoms. The molecule has 21 heavy (non-hydrogen) atoms. The van der Waals surface area contributed by atoms with Gasteiger partial charge >= 0.3 is 0 Å². The van der Waals surface area contributed by atoms with Crippen molar-refractivity contribution in [3.63, 3.8) is 0 Å². The Morgan fingerprint density at radius 3 is 2.38 bits per heavy atom. The average Bonchev–Trinajstić information content (AvgIpc) is 2.44. The molecule has 0 saturated carbocycles. The molecular formula is C18H21Cl2N. The highest BCUT2D eigenvalue weighted by Gasteiger charge is 2.13. The van der Waals surface area contributed by atoms with E-state index in [0.717, 1.165) is 30.0 Å². The van der Waals surface area contributed by atoms with Gasteiger partial charge in [-0.05, 0) is 55.1 Å². The Morgan fingerprint density at radius 2 is 1.71 bits per heavy atom. The van der Waals surface area contributed by atoms with Crippen LogP contribution in [0.1, 0.15) is 23.6 Å². The van der Waals surface area contributed by atoms with Crippen molar-refractivity contribution in [1.82, 2.24) is 5.32 Å². The third kappa shape index (κ3) is 4.74. The zero-order valence-corrected chi connectivity index (χ0v) is 14.0. The second kappa shape index (κ2) is 7.84. The zero-order chi connectivity index (χ0) is 15.2. The van der Waals surface area contributed by atoms with E-state index >= 15 is 0 Å². The molecule has 0 fully saturated rings. The number of hydrogen-bond acceptors (Lipinski definition) is 1. The number of halogens is 2. The summed E-state index contributed by atoms with van der Waals surface area (Å²) in [4.78, 5) is 0. The van der Waals surface area contributed by atoms with Gasteiger partial charge < -0.3 is 5.32 Å². The minimum atomic E-state index is 0.370. The van der Waals surface area contributed by atoms with Crippen LogP contribution in [0.25, 0.3) is 0 Å². The van der Waals surface area contributed by atoms with Gasteiger partial charge in [0, 0.05) is 16.1 Å². The average molecular weight is 322 g/mol. The number of aryl methyl sites for hydroxylation is 1. The molecule has 0 aliphatic rings. The van der Waals surface area contributed by atoms with Crippen molar-refractivity contribution in [2.45, 2.75) is 32.7 Å². The molecule has 112 valence electrons. The lowest BCUT2D eigenvalue weighted by atomic mass is 9.96. The molecule has 1 atom stereocenters. The number of likely N-dealkylation sites (N-methyl/N-ethyl adjacent to an activating group) is 1. The van der Waals surface area contributed by atoms with Gasteiger partial charge in [0.2, 0.25) is 0 Å². The summed E-state index contributed by atoms with van der Waals surface area (Å²) in [7, 11) is 0. The Balaban J connectivity index is 2.14. The molecule has 0 heterocycles. The quantitative estimate of drug-likeness (QED) is 0.783. The Hall–Kier alpha value is -1.02. The van der Waals surface area contributed by atoms with Crippen LogP contribution in [0.15, 0.2) is 42.5 Å². The van der Waals surface area contributed by atoms with Crippen LogP contribution in [-0.2, 0) is 12.8 Å². The molecule has 2 aromatic rings. The van der Waals surface area contributed by atoms with Crippen molar-refractivity contribution < 1.29 is 0 Å². The lowest BCUT2D eigenvalue weighted by Crippen LogP contribution is -2.33. The third-order valence-corrected chi connectivity index (χ3v) is 4.29. The van der Waals surface area contributed by atoms with E-state index in [1.807, 2.05) is 18.2 Å². The molecule has 2 rings (SSSR count). The highest BCUT2D eigenvalue weighted by Crippen LogP contribution is 2.23. The largest absolute Gasteiger partial charge is 0.314 e. The van der Waals surface area contributed by atoms with Crippen LogP contribution >= 0.6 is 23.2 Å². The van der Waals surface area contributed by atoms with Crippen LogP contribution in [0.2, 0.25) is 10.0 Å². The van der Waals surface area contributed by atoms with Crippen molar-refractivity contribution >= 4 is 23.2 Å². The molecule has 0 saturated heterocycles. The van der Waals surface area contributed by atoms with E-state index in [2.05, 4.69) is 43.4 Å². The number of hydrogen-bond donors (Lipinski definition) is 1. The van der Waals surface area contributed by atoms with Crippen molar-refractivity contribution in [2.75, 3.05) is 6.54 Å². The zero-order valence-electron chi connectivity index (χ0n) is 12.5. The summed E-state index contributed by atoms with van der Waals surface area (Å²) in [5.74, 6) is 0. The Labute approximate surface area is 137 Å². The van der Waals surface area contributed by atoms with Crippen molar-refractivity contribution in [3.8, 4) is 0 Å². The molecule has 0 radical (unpaired) electrons. The van der Waals surface area contributed by atoms with Crippen molar-refractivity contribution in [2.24, 2.45) is 0 Å². The number of nitrogens with one attached hydrogen (secondary N) is 1. The van der Waals surface area contributed by atoms with E-state index in [1.165, 1.54) is 11.1 Å². The maximum Gasteiger partial charge on any atom is 0.0453 e. The summed E-state index contributed by atoms with van der Waals surface area (Å²) in [5.41, 5.74) is 3.86. The first kappa shape index (κ1) is 16.4. The van der Waals surface area contributed by atoms with E-state index in [-0.39, 0.29) is 0 Å². The van der Waals surface area contributed by atoms with Gasteiger partial charge in [-0.15, -0.1) is 0 Å². The summed E-state index contributed by atoms with van der Waals surface area (Å²) >= 11 is 12.3. The van der Waals surface area contributed by atoms with Crippen LogP contribution in [0.3, 0.4) is 0 Å². The van der Waals surface area contributed by atoms with Gasteiger partial charge in [0.1, 0.15) is 0 Å². The molecule has 1 N–H and O–H groups in total. The first-order valence-electron chi connectivity index (χ1n) is 7.32. The predicted octanol–water partition coefficient (Wildman–Crippen LogP) is 5.07. The highest BCUT2D eigenvalue weighted by atomic mass is 35.5. The SMILES string of the molecule is CCNC(Cc1ccccc1C)Cc1ccc(Cl)cc1Cl. The smallest absolute Gasteiger partial charge is 0.0453 e. The molecule has 0 aliphatic carbocycles. The van der Waals surface area contributed by atoms with Gasteiger partial charge in [-0.1, -0.05) is 60.5 Å². The summed E-state index contributed by atoms with van der Waals surface area (Å²) in [6, 6.07) is 14.6. The monoisotopic (exact) mass is 321 g/mol. The van der Waals surface area contributed by atoms with Crippen LogP contribution in [-0.4, -0.2) is 12.6 Å². The fraction of sp³-hybridized carbons (Fsp3) is 0.333. The van der Waals surface area contributed by atoms with Crippen molar-refractivity contribution in [3.05, 3.63) is 69.2 Å². The molecular weight excluding hydrogens is 301 g/mol. The Bertz CT molecular complexity index is 596. The molecule has 0 amide bonds. The topological polar surface area (TPSA) is 12.0 Å². The van der Waals surface area contributed by atoms with Gasteiger partial charge in [0.25, 0.3) is 0 Å². The van der Waals surface area contributed by atoms with Crippen LogP contribution < -0.4 is 5.32 Å². The molecule has 0 aliphatic heterocycles. The van der Waals surface area contributed by atoms with E-state index in [4.69, 9.17) is 23.2 Å². The third-order valence-electron chi connectivity index (χ3n) is 3.70. The second-order valence-electron chi connectivity index (χ2n) is 5.33. The first-order valence-corrected chi connectivity index (χ1v) is 8.07. The Kier molecular flexibility index (Phi) is 6.10. The molecule has 0 aromatic heterocycles. The van der Waals surface area contributed by atoms with Gasteiger partial charge in [-0.2, -0.15) is 0 Å². The lowest BCUT2D eigenvalue weighted by Gasteiger charge is -2.20. The Morgan fingerprint density at radius 1 is 1.00 bits per heavy atom. The molecule has 0 bridgehead atoms. The maximum absolute atomic E-state index is 6.30. The van der Waals surface area contributed by atoms with Gasteiger partial charge in [0.05, 0.1) is 0 Å². The molecule has 3 heteroatoms. The lowest BCUT2D eigenvalue weighted by molar-refractivity contribution is 0.520. The van der Waals surface area contributed by atoms with E-state index < -0.39 is 0 Å². The summed E-state index contributed by atoms with van der Waals surface area (Å²) in [5, 5.41) is 4.99. The summed E-state index contributed by atoms with van der Waals surface area (Å²) in [6.45, 7) is 5.24. The predicted molar refractivity (Wildman–Crippen MR) is 92.5 cm³/mol.